The van der Waals surface area contributed by atoms with Crippen LogP contribution in [0, 0.1) is 13.8 Å². The summed E-state index contributed by atoms with van der Waals surface area (Å²) < 4.78 is 0. The number of benzene rings is 2. The van der Waals surface area contributed by atoms with Crippen molar-refractivity contribution in [2.45, 2.75) is 20.8 Å². The van der Waals surface area contributed by atoms with Crippen LogP contribution >= 0.6 is 0 Å². The lowest BCUT2D eigenvalue weighted by atomic mass is 9.96. The van der Waals surface area contributed by atoms with E-state index in [1.165, 1.54) is 27.8 Å². The van der Waals surface area contributed by atoms with Crippen LogP contribution in [0.5, 0.6) is 0 Å². The van der Waals surface area contributed by atoms with Gasteiger partial charge in [0.15, 0.2) is 0 Å². The van der Waals surface area contributed by atoms with Crippen molar-refractivity contribution in [2.75, 3.05) is 0 Å². The Morgan fingerprint density at radius 2 is 1.59 bits per heavy atom. The lowest BCUT2D eigenvalue weighted by molar-refractivity contribution is 1.31. The summed E-state index contributed by atoms with van der Waals surface area (Å²) >= 11 is 0. The Labute approximate surface area is 104 Å². The minimum atomic E-state index is 1.26. The highest BCUT2D eigenvalue weighted by atomic mass is 14.1. The zero-order valence-corrected chi connectivity index (χ0v) is 10.7. The van der Waals surface area contributed by atoms with E-state index in [0.717, 1.165) is 0 Å². The monoisotopic (exact) mass is 222 g/mol. The van der Waals surface area contributed by atoms with E-state index in [-0.39, 0.29) is 0 Å². The van der Waals surface area contributed by atoms with E-state index in [9.17, 15) is 0 Å². The molecule has 0 unspecified atom stereocenters. The average Bonchev–Trinajstić information content (AvgIpc) is 2.34. The van der Waals surface area contributed by atoms with E-state index in [1.54, 1.807) is 0 Å². The van der Waals surface area contributed by atoms with Crippen LogP contribution in [-0.4, -0.2) is 0 Å². The van der Waals surface area contributed by atoms with Gasteiger partial charge in [0.05, 0.1) is 0 Å². The summed E-state index contributed by atoms with van der Waals surface area (Å²) in [6.07, 6.45) is 2.24. The summed E-state index contributed by atoms with van der Waals surface area (Å²) in [4.78, 5) is 0. The summed E-state index contributed by atoms with van der Waals surface area (Å²) in [5, 5.41) is 0. The van der Waals surface area contributed by atoms with Crippen molar-refractivity contribution >= 4 is 11.6 Å². The smallest absolute Gasteiger partial charge is 0.0195 e. The second-order valence-corrected chi connectivity index (χ2v) is 4.49. The molecule has 0 bridgehead atoms. The van der Waals surface area contributed by atoms with Gasteiger partial charge in [-0.2, -0.15) is 0 Å². The van der Waals surface area contributed by atoms with Gasteiger partial charge in [0, 0.05) is 0 Å². The van der Waals surface area contributed by atoms with Gasteiger partial charge in [-0.25, -0.2) is 0 Å². The third-order valence-electron chi connectivity index (χ3n) is 3.21. The molecule has 0 heteroatoms. The zero-order chi connectivity index (χ0) is 12.3. The second kappa shape index (κ2) is 5.01. The average molecular weight is 222 g/mol. The quantitative estimate of drug-likeness (QED) is 0.636. The molecule has 2 aromatic carbocycles. The largest absolute Gasteiger partial charge is 0.0622 e. The maximum Gasteiger partial charge on any atom is -0.0195 e. The van der Waals surface area contributed by atoms with Gasteiger partial charge in [0.1, 0.15) is 0 Å². The number of allylic oxidation sites excluding steroid dienone is 1. The summed E-state index contributed by atoms with van der Waals surface area (Å²) in [5.74, 6) is 0. The molecule has 0 spiro atoms. The molecule has 0 aliphatic carbocycles. The summed E-state index contributed by atoms with van der Waals surface area (Å²) in [5.41, 5.74) is 6.64. The first-order valence-electron chi connectivity index (χ1n) is 5.98. The number of aryl methyl sites for hydroxylation is 1. The van der Waals surface area contributed by atoms with Crippen LogP contribution in [0.1, 0.15) is 29.2 Å². The van der Waals surface area contributed by atoms with Gasteiger partial charge in [-0.05, 0) is 48.6 Å². The van der Waals surface area contributed by atoms with Gasteiger partial charge in [0.25, 0.3) is 0 Å². The highest BCUT2D eigenvalue weighted by molar-refractivity contribution is 5.81. The van der Waals surface area contributed by atoms with Crippen molar-refractivity contribution in [2.24, 2.45) is 0 Å². The van der Waals surface area contributed by atoms with Gasteiger partial charge in [-0.15, -0.1) is 0 Å². The van der Waals surface area contributed by atoms with Crippen molar-refractivity contribution in [1.82, 2.24) is 0 Å². The lowest BCUT2D eigenvalue weighted by Crippen LogP contribution is -1.89. The molecule has 0 atom stereocenters. The first kappa shape index (κ1) is 11.7. The Hall–Kier alpha value is -1.82. The molecule has 0 fully saturated rings. The van der Waals surface area contributed by atoms with Crippen LogP contribution in [-0.2, 0) is 0 Å². The van der Waals surface area contributed by atoms with E-state index < -0.39 is 0 Å². The minimum Gasteiger partial charge on any atom is -0.0622 e. The van der Waals surface area contributed by atoms with E-state index in [0.29, 0.717) is 0 Å². The van der Waals surface area contributed by atoms with Gasteiger partial charge in [0.2, 0.25) is 0 Å². The fourth-order valence-corrected chi connectivity index (χ4v) is 2.06. The fraction of sp³-hybridized carbons (Fsp3) is 0.176. The maximum atomic E-state index is 2.24. The Kier molecular flexibility index (Phi) is 3.43. The zero-order valence-electron chi connectivity index (χ0n) is 10.7. The van der Waals surface area contributed by atoms with Crippen LogP contribution in [0.2, 0.25) is 0 Å². The normalized spacial score (nSPS) is 11.6. The third-order valence-corrected chi connectivity index (χ3v) is 3.21. The maximum absolute atomic E-state index is 2.24. The van der Waals surface area contributed by atoms with Gasteiger partial charge in [-0.1, -0.05) is 54.6 Å². The first-order valence-corrected chi connectivity index (χ1v) is 5.98. The predicted octanol–water partition coefficient (Wildman–Crippen LogP) is 4.86. The summed E-state index contributed by atoms with van der Waals surface area (Å²) in [6, 6.07) is 16.9. The van der Waals surface area contributed by atoms with Crippen molar-refractivity contribution in [3.05, 3.63) is 70.8 Å². The molecule has 2 aromatic rings. The summed E-state index contributed by atoms with van der Waals surface area (Å²) in [6.45, 7) is 6.52. The SMILES string of the molecule is C/C(=C\c1ccccc1)c1cccc(C)c1C. The van der Waals surface area contributed by atoms with E-state index in [2.05, 4.69) is 69.3 Å². The number of hydrogen-bond donors (Lipinski definition) is 0. The van der Waals surface area contributed by atoms with Gasteiger partial charge >= 0.3 is 0 Å². The van der Waals surface area contributed by atoms with Crippen LogP contribution in [0.15, 0.2) is 48.5 Å². The molecule has 0 nitrogen and oxygen atoms in total. The molecule has 0 amide bonds. The molecule has 0 aromatic heterocycles. The van der Waals surface area contributed by atoms with E-state index in [4.69, 9.17) is 0 Å². The minimum absolute atomic E-state index is 1.26. The van der Waals surface area contributed by atoms with Crippen LogP contribution in [0.25, 0.3) is 11.6 Å². The van der Waals surface area contributed by atoms with E-state index >= 15 is 0 Å². The fourth-order valence-electron chi connectivity index (χ4n) is 2.06. The van der Waals surface area contributed by atoms with Crippen molar-refractivity contribution in [3.8, 4) is 0 Å². The number of hydrogen-bond acceptors (Lipinski definition) is 0. The number of rotatable bonds is 2. The molecular formula is C17H18. The van der Waals surface area contributed by atoms with Crippen molar-refractivity contribution in [1.29, 1.82) is 0 Å². The highest BCUT2D eigenvalue weighted by Gasteiger charge is 2.02. The Bertz CT molecular complexity index is 533. The Morgan fingerprint density at radius 1 is 0.882 bits per heavy atom. The summed E-state index contributed by atoms with van der Waals surface area (Å²) in [7, 11) is 0. The third kappa shape index (κ3) is 2.65. The molecule has 86 valence electrons. The molecule has 17 heavy (non-hydrogen) atoms. The van der Waals surface area contributed by atoms with Gasteiger partial charge in [-0.3, -0.25) is 0 Å². The van der Waals surface area contributed by atoms with Gasteiger partial charge < -0.3 is 0 Å². The van der Waals surface area contributed by atoms with E-state index in [1.807, 2.05) is 6.07 Å². The molecular weight excluding hydrogens is 204 g/mol. The second-order valence-electron chi connectivity index (χ2n) is 4.49. The topological polar surface area (TPSA) is 0 Å². The molecule has 0 aliphatic rings. The van der Waals surface area contributed by atoms with Crippen molar-refractivity contribution in [3.63, 3.8) is 0 Å². The lowest BCUT2D eigenvalue weighted by Gasteiger charge is -2.09. The Balaban J connectivity index is 2.41. The first-order chi connectivity index (χ1) is 8.18. The highest BCUT2D eigenvalue weighted by Crippen LogP contribution is 2.23. The molecule has 0 saturated heterocycles. The molecule has 0 heterocycles. The van der Waals surface area contributed by atoms with Crippen molar-refractivity contribution < 1.29 is 0 Å². The molecule has 2 rings (SSSR count). The van der Waals surface area contributed by atoms with Crippen LogP contribution in [0.3, 0.4) is 0 Å². The van der Waals surface area contributed by atoms with Crippen LogP contribution < -0.4 is 0 Å². The molecule has 0 radical (unpaired) electrons. The molecule has 0 saturated carbocycles. The Morgan fingerprint density at radius 3 is 2.29 bits per heavy atom. The van der Waals surface area contributed by atoms with Crippen LogP contribution in [0.4, 0.5) is 0 Å². The predicted molar refractivity (Wildman–Crippen MR) is 75.9 cm³/mol. The molecule has 0 aliphatic heterocycles. The standard InChI is InChI=1S/C17H18/c1-13-8-7-11-17(15(13)3)14(2)12-16-9-5-4-6-10-16/h4-12H,1-3H3/b14-12+. The molecule has 0 N–H and O–H groups in total.